The van der Waals surface area contributed by atoms with Crippen LogP contribution in [0.5, 0.6) is 0 Å². The first kappa shape index (κ1) is 11.6. The molecular weight excluding hydrogens is 214 g/mol. The molecule has 0 aliphatic carbocycles. The van der Waals surface area contributed by atoms with E-state index in [4.69, 9.17) is 10.2 Å². The minimum absolute atomic E-state index is 0.126. The van der Waals surface area contributed by atoms with Crippen LogP contribution in [0.3, 0.4) is 0 Å². The van der Waals surface area contributed by atoms with E-state index in [2.05, 4.69) is 4.99 Å². The second kappa shape index (κ2) is 4.86. The summed E-state index contributed by atoms with van der Waals surface area (Å²) < 4.78 is 0. The zero-order chi connectivity index (χ0) is 12.1. The number of nitrogens with zero attached hydrogens (tertiary/aromatic N) is 1. The summed E-state index contributed by atoms with van der Waals surface area (Å²) in [6, 6.07) is 3.80. The molecule has 0 saturated carbocycles. The number of isocyanates is 1. The Labute approximate surface area is 89.9 Å². The minimum atomic E-state index is -1.26. The number of carboxylic acid groups (broad SMARTS) is 2. The fourth-order valence-corrected chi connectivity index (χ4v) is 1.20. The van der Waals surface area contributed by atoms with E-state index in [0.717, 1.165) is 6.07 Å². The number of rotatable bonds is 4. The number of carbonyl (C=O) groups is 2. The summed E-state index contributed by atoms with van der Waals surface area (Å²) in [5.41, 5.74) is 0.102. The van der Waals surface area contributed by atoms with Crippen LogP contribution >= 0.6 is 0 Å². The molecule has 1 aromatic rings. The quantitative estimate of drug-likeness (QED) is 0.582. The maximum atomic E-state index is 10.8. The highest BCUT2D eigenvalue weighted by atomic mass is 16.4. The van der Waals surface area contributed by atoms with E-state index in [1.54, 1.807) is 0 Å². The van der Waals surface area contributed by atoms with Crippen molar-refractivity contribution in [2.24, 2.45) is 4.99 Å². The van der Waals surface area contributed by atoms with Gasteiger partial charge < -0.3 is 10.2 Å². The van der Waals surface area contributed by atoms with Gasteiger partial charge >= 0.3 is 11.9 Å². The Hall–Kier alpha value is -2.46. The van der Waals surface area contributed by atoms with Crippen molar-refractivity contribution in [2.45, 2.75) is 6.42 Å². The molecule has 6 heteroatoms. The molecule has 82 valence electrons. The van der Waals surface area contributed by atoms with Gasteiger partial charge in [0, 0.05) is 0 Å². The molecule has 6 nitrogen and oxygen atoms in total. The van der Waals surface area contributed by atoms with Gasteiger partial charge in [0.15, 0.2) is 0 Å². The highest BCUT2D eigenvalue weighted by molar-refractivity contribution is 5.92. The van der Waals surface area contributed by atoms with E-state index >= 15 is 0 Å². The summed E-state index contributed by atoms with van der Waals surface area (Å²) in [6.07, 6.45) is 0.880. The van der Waals surface area contributed by atoms with Crippen molar-refractivity contribution in [3.63, 3.8) is 0 Å². The van der Waals surface area contributed by atoms with Gasteiger partial charge in [-0.25, -0.2) is 9.59 Å². The second-order valence-corrected chi connectivity index (χ2v) is 2.92. The van der Waals surface area contributed by atoms with Crippen molar-refractivity contribution < 1.29 is 24.6 Å². The Morgan fingerprint density at radius 3 is 2.50 bits per heavy atom. The molecule has 0 aromatic heterocycles. The maximum absolute atomic E-state index is 10.8. The van der Waals surface area contributed by atoms with E-state index in [0.29, 0.717) is 0 Å². The molecule has 0 amide bonds. The zero-order valence-corrected chi connectivity index (χ0v) is 8.01. The summed E-state index contributed by atoms with van der Waals surface area (Å²) >= 11 is 0. The van der Waals surface area contributed by atoms with Crippen molar-refractivity contribution in [1.82, 2.24) is 0 Å². The average Bonchev–Trinajstić information content (AvgIpc) is 2.19. The molecule has 0 aliphatic heterocycles. The highest BCUT2D eigenvalue weighted by Gasteiger charge is 2.13. The van der Waals surface area contributed by atoms with E-state index in [1.807, 2.05) is 0 Å². The topological polar surface area (TPSA) is 104 Å². The monoisotopic (exact) mass is 221 g/mol. The number of aliphatic imine (C=N–C) groups is 1. The highest BCUT2D eigenvalue weighted by Crippen LogP contribution is 2.18. The third kappa shape index (κ3) is 2.76. The van der Waals surface area contributed by atoms with Gasteiger partial charge in [-0.05, 0) is 17.7 Å². The van der Waals surface area contributed by atoms with Crippen LogP contribution in [0, 0.1) is 0 Å². The largest absolute Gasteiger partial charge is 0.481 e. The summed E-state index contributed by atoms with van der Waals surface area (Å²) in [4.78, 5) is 34.5. The molecule has 0 unspecified atom stereocenters. The summed E-state index contributed by atoms with van der Waals surface area (Å²) in [5, 5.41) is 17.4. The number of benzene rings is 1. The van der Waals surface area contributed by atoms with E-state index in [-0.39, 0.29) is 16.8 Å². The van der Waals surface area contributed by atoms with Crippen LogP contribution in [0.1, 0.15) is 15.9 Å². The van der Waals surface area contributed by atoms with Crippen molar-refractivity contribution in [2.75, 3.05) is 0 Å². The first-order valence-electron chi connectivity index (χ1n) is 4.20. The molecule has 1 aromatic carbocycles. The molecule has 0 fully saturated rings. The van der Waals surface area contributed by atoms with E-state index < -0.39 is 18.4 Å². The molecule has 1 rings (SSSR count). The van der Waals surface area contributed by atoms with Crippen LogP contribution in [0.15, 0.2) is 23.2 Å². The Kier molecular flexibility index (Phi) is 3.53. The third-order valence-corrected chi connectivity index (χ3v) is 1.84. The van der Waals surface area contributed by atoms with Gasteiger partial charge in [0.2, 0.25) is 6.08 Å². The predicted molar refractivity (Wildman–Crippen MR) is 52.5 cm³/mol. The van der Waals surface area contributed by atoms with Crippen LogP contribution in [-0.4, -0.2) is 28.2 Å². The summed E-state index contributed by atoms with van der Waals surface area (Å²) in [5.74, 6) is -2.40. The second-order valence-electron chi connectivity index (χ2n) is 2.92. The lowest BCUT2D eigenvalue weighted by Crippen LogP contribution is -2.07. The lowest BCUT2D eigenvalue weighted by Gasteiger charge is -2.03. The van der Waals surface area contributed by atoms with Crippen LogP contribution in [-0.2, 0) is 16.0 Å². The first-order chi connectivity index (χ1) is 7.54. The lowest BCUT2D eigenvalue weighted by molar-refractivity contribution is -0.136. The third-order valence-electron chi connectivity index (χ3n) is 1.84. The van der Waals surface area contributed by atoms with Crippen LogP contribution in [0.2, 0.25) is 0 Å². The summed E-state index contributed by atoms with van der Waals surface area (Å²) in [7, 11) is 0. The average molecular weight is 221 g/mol. The van der Waals surface area contributed by atoms with Crippen molar-refractivity contribution in [3.8, 4) is 0 Å². The van der Waals surface area contributed by atoms with Crippen molar-refractivity contribution in [3.05, 3.63) is 29.3 Å². The fraction of sp³-hybridized carbons (Fsp3) is 0.100. The van der Waals surface area contributed by atoms with E-state index in [9.17, 15) is 14.4 Å². The molecule has 16 heavy (non-hydrogen) atoms. The number of hydrogen-bond donors (Lipinski definition) is 2. The Bertz CT molecular complexity index is 488. The van der Waals surface area contributed by atoms with Crippen LogP contribution < -0.4 is 0 Å². The molecule has 0 spiro atoms. The van der Waals surface area contributed by atoms with Gasteiger partial charge in [-0.15, -0.1) is 0 Å². The number of aromatic carboxylic acids is 1. The zero-order valence-electron chi connectivity index (χ0n) is 8.01. The van der Waals surface area contributed by atoms with Crippen molar-refractivity contribution in [1.29, 1.82) is 0 Å². The van der Waals surface area contributed by atoms with Crippen LogP contribution in [0.25, 0.3) is 0 Å². The fourth-order valence-electron chi connectivity index (χ4n) is 1.20. The van der Waals surface area contributed by atoms with Gasteiger partial charge in [0.1, 0.15) is 0 Å². The molecule has 0 atom stereocenters. The molecular formula is C10H7NO5. The van der Waals surface area contributed by atoms with Gasteiger partial charge in [-0.3, -0.25) is 4.79 Å². The SMILES string of the molecule is O=C=Nc1ccc(CC(=O)O)c(C(=O)O)c1. The minimum Gasteiger partial charge on any atom is -0.481 e. The van der Waals surface area contributed by atoms with Gasteiger partial charge in [0.05, 0.1) is 17.7 Å². The molecule has 2 N–H and O–H groups in total. The molecule has 0 heterocycles. The Morgan fingerprint density at radius 2 is 2.00 bits per heavy atom. The van der Waals surface area contributed by atoms with E-state index in [1.165, 1.54) is 18.2 Å². The van der Waals surface area contributed by atoms with Crippen LogP contribution in [0.4, 0.5) is 5.69 Å². The van der Waals surface area contributed by atoms with Crippen molar-refractivity contribution >= 4 is 23.7 Å². The Morgan fingerprint density at radius 1 is 1.31 bits per heavy atom. The molecule has 0 radical (unpaired) electrons. The maximum Gasteiger partial charge on any atom is 0.336 e. The van der Waals surface area contributed by atoms with Gasteiger partial charge in [0.25, 0.3) is 0 Å². The predicted octanol–water partition coefficient (Wildman–Crippen LogP) is 0.979. The molecule has 0 saturated heterocycles. The Balaban J connectivity index is 3.24. The number of carboxylic acids is 2. The standard InChI is InChI=1S/C10H7NO5/c12-5-11-7-2-1-6(3-9(13)14)8(4-7)10(15)16/h1-2,4H,3H2,(H,13,14)(H,15,16). The van der Waals surface area contributed by atoms with Gasteiger partial charge in [-0.2, -0.15) is 4.99 Å². The normalized spacial score (nSPS) is 9.25. The smallest absolute Gasteiger partial charge is 0.336 e. The first-order valence-corrected chi connectivity index (χ1v) is 4.20. The molecule has 0 bridgehead atoms. The van der Waals surface area contributed by atoms with Gasteiger partial charge in [-0.1, -0.05) is 6.07 Å². The number of hydrogen-bond acceptors (Lipinski definition) is 4. The number of aliphatic carboxylic acids is 1. The summed E-state index contributed by atoms with van der Waals surface area (Å²) in [6.45, 7) is 0. The lowest BCUT2D eigenvalue weighted by atomic mass is 10.0. The number of carbonyl (C=O) groups excluding carboxylic acids is 1. The molecule has 0 aliphatic rings.